The van der Waals surface area contributed by atoms with Crippen LogP contribution in [0.1, 0.15) is 32.6 Å². The van der Waals surface area contributed by atoms with Crippen LogP contribution in [0.2, 0.25) is 0 Å². The molecule has 0 aliphatic carbocycles. The molecule has 0 unspecified atom stereocenters. The third-order valence-electron chi connectivity index (χ3n) is 3.20. The Hall–Kier alpha value is -2.03. The summed E-state index contributed by atoms with van der Waals surface area (Å²) in [5, 5.41) is 0. The third kappa shape index (κ3) is 2.41. The highest BCUT2D eigenvalue weighted by atomic mass is 19.1. The van der Waals surface area contributed by atoms with Crippen LogP contribution in [0.3, 0.4) is 0 Å². The highest BCUT2D eigenvalue weighted by Gasteiger charge is 2.19. The van der Waals surface area contributed by atoms with Crippen LogP contribution in [0.4, 0.5) is 8.78 Å². The van der Waals surface area contributed by atoms with Crippen LogP contribution in [0.5, 0.6) is 0 Å². The predicted molar refractivity (Wildman–Crippen MR) is 70.4 cm³/mol. The zero-order valence-corrected chi connectivity index (χ0v) is 11.1. The Kier molecular flexibility index (Phi) is 3.47. The molecule has 0 bridgehead atoms. The zero-order chi connectivity index (χ0) is 14.2. The van der Waals surface area contributed by atoms with Crippen molar-refractivity contribution in [2.45, 2.75) is 20.8 Å². The largest absolute Gasteiger partial charge is 0.288 e. The molecule has 0 aliphatic rings. The number of carbonyl (C=O) groups excluding carboxylic acids is 1. The van der Waals surface area contributed by atoms with Crippen molar-refractivity contribution in [3.63, 3.8) is 0 Å². The lowest BCUT2D eigenvalue weighted by atomic mass is 9.94. The molecule has 0 aromatic heterocycles. The number of hydrogen-bond acceptors (Lipinski definition) is 1. The zero-order valence-electron chi connectivity index (χ0n) is 11.1. The summed E-state index contributed by atoms with van der Waals surface area (Å²) < 4.78 is 27.4. The van der Waals surface area contributed by atoms with E-state index in [4.69, 9.17) is 0 Å². The topological polar surface area (TPSA) is 17.1 Å². The van der Waals surface area contributed by atoms with Gasteiger partial charge in [-0.3, -0.25) is 4.79 Å². The predicted octanol–water partition coefficient (Wildman–Crippen LogP) is 4.12. The second-order valence-electron chi connectivity index (χ2n) is 4.68. The van der Waals surface area contributed by atoms with Gasteiger partial charge in [-0.1, -0.05) is 18.2 Å². The summed E-state index contributed by atoms with van der Waals surface area (Å²) in [5.74, 6) is -1.74. The van der Waals surface area contributed by atoms with Crippen molar-refractivity contribution >= 4 is 5.78 Å². The average Bonchev–Trinajstić information content (AvgIpc) is 2.33. The molecule has 0 N–H and O–H groups in total. The van der Waals surface area contributed by atoms with E-state index >= 15 is 0 Å². The highest BCUT2D eigenvalue weighted by molar-refractivity contribution is 6.11. The fourth-order valence-corrected chi connectivity index (χ4v) is 2.13. The molecule has 0 saturated carbocycles. The lowest BCUT2D eigenvalue weighted by molar-refractivity contribution is 0.103. The van der Waals surface area contributed by atoms with E-state index in [2.05, 4.69) is 0 Å². The molecule has 2 aromatic rings. The molecule has 2 aromatic carbocycles. The first-order valence-corrected chi connectivity index (χ1v) is 5.98. The molecular formula is C16H14F2O. The summed E-state index contributed by atoms with van der Waals surface area (Å²) in [7, 11) is 0. The monoisotopic (exact) mass is 260 g/mol. The SMILES string of the molecule is Cc1cc(F)c(C(=O)c2c(C)cccc2C)cc1F. The number of ketones is 1. The lowest BCUT2D eigenvalue weighted by Gasteiger charge is -2.10. The molecule has 0 radical (unpaired) electrons. The van der Waals surface area contributed by atoms with Crippen LogP contribution in [0, 0.1) is 32.4 Å². The molecule has 3 heteroatoms. The van der Waals surface area contributed by atoms with Crippen molar-refractivity contribution in [1.82, 2.24) is 0 Å². The fraction of sp³-hybridized carbons (Fsp3) is 0.188. The maximum atomic E-state index is 13.8. The Bertz CT molecular complexity index is 640. The molecule has 0 spiro atoms. The van der Waals surface area contributed by atoms with Crippen molar-refractivity contribution in [1.29, 1.82) is 0 Å². The van der Waals surface area contributed by atoms with E-state index in [9.17, 15) is 13.6 Å². The van der Waals surface area contributed by atoms with Crippen LogP contribution in [0.25, 0.3) is 0 Å². The summed E-state index contributed by atoms with van der Waals surface area (Å²) in [6.07, 6.45) is 0. The van der Waals surface area contributed by atoms with Crippen molar-refractivity contribution in [2.24, 2.45) is 0 Å². The molecular weight excluding hydrogens is 246 g/mol. The minimum atomic E-state index is -0.688. The highest BCUT2D eigenvalue weighted by Crippen LogP contribution is 2.22. The Morgan fingerprint density at radius 3 is 2.05 bits per heavy atom. The van der Waals surface area contributed by atoms with E-state index in [1.54, 1.807) is 26.0 Å². The Morgan fingerprint density at radius 2 is 1.47 bits per heavy atom. The first-order valence-electron chi connectivity index (χ1n) is 5.98. The lowest BCUT2D eigenvalue weighted by Crippen LogP contribution is -2.09. The Morgan fingerprint density at radius 1 is 0.895 bits per heavy atom. The minimum Gasteiger partial charge on any atom is -0.288 e. The molecule has 98 valence electrons. The first kappa shape index (κ1) is 13.4. The fourth-order valence-electron chi connectivity index (χ4n) is 2.13. The first-order chi connectivity index (χ1) is 8.91. The maximum Gasteiger partial charge on any atom is 0.196 e. The van der Waals surface area contributed by atoms with Crippen LogP contribution in [0.15, 0.2) is 30.3 Å². The van der Waals surface area contributed by atoms with Gasteiger partial charge in [0.05, 0.1) is 5.56 Å². The maximum absolute atomic E-state index is 13.8. The standard InChI is InChI=1S/C16H14F2O/c1-9-5-4-6-10(2)15(9)16(19)12-8-13(17)11(3)7-14(12)18/h4-8H,1-3H3. The summed E-state index contributed by atoms with van der Waals surface area (Å²) in [6, 6.07) is 7.41. The van der Waals surface area contributed by atoms with Gasteiger partial charge in [-0.15, -0.1) is 0 Å². The molecule has 0 saturated heterocycles. The smallest absolute Gasteiger partial charge is 0.196 e. The van der Waals surface area contributed by atoms with Crippen LogP contribution in [-0.4, -0.2) is 5.78 Å². The summed E-state index contributed by atoms with van der Waals surface area (Å²) in [6.45, 7) is 5.02. The van der Waals surface area contributed by atoms with Crippen molar-refractivity contribution in [3.05, 3.63) is 69.8 Å². The van der Waals surface area contributed by atoms with Crippen molar-refractivity contribution in [2.75, 3.05) is 0 Å². The Labute approximate surface area is 110 Å². The molecule has 1 nitrogen and oxygen atoms in total. The average molecular weight is 260 g/mol. The molecule has 19 heavy (non-hydrogen) atoms. The minimum absolute atomic E-state index is 0.190. The van der Waals surface area contributed by atoms with Gasteiger partial charge < -0.3 is 0 Å². The normalized spacial score (nSPS) is 10.6. The van der Waals surface area contributed by atoms with E-state index in [0.29, 0.717) is 5.56 Å². The van der Waals surface area contributed by atoms with Gasteiger partial charge in [-0.05, 0) is 49.6 Å². The number of hydrogen-bond donors (Lipinski definition) is 0. The molecule has 0 heterocycles. The Balaban J connectivity index is 2.60. The molecule has 0 atom stereocenters. The summed E-state index contributed by atoms with van der Waals surface area (Å²) in [5.41, 5.74) is 1.91. The number of halogens is 2. The van der Waals surface area contributed by atoms with E-state index in [-0.39, 0.29) is 11.1 Å². The van der Waals surface area contributed by atoms with E-state index in [1.807, 2.05) is 6.07 Å². The van der Waals surface area contributed by atoms with Gasteiger partial charge in [0.2, 0.25) is 0 Å². The molecule has 0 amide bonds. The van der Waals surface area contributed by atoms with Gasteiger partial charge >= 0.3 is 0 Å². The number of rotatable bonds is 2. The van der Waals surface area contributed by atoms with Gasteiger partial charge in [0.1, 0.15) is 11.6 Å². The number of benzene rings is 2. The quantitative estimate of drug-likeness (QED) is 0.742. The second-order valence-corrected chi connectivity index (χ2v) is 4.68. The van der Waals surface area contributed by atoms with Gasteiger partial charge in [0, 0.05) is 5.56 Å². The third-order valence-corrected chi connectivity index (χ3v) is 3.20. The molecule has 0 fully saturated rings. The van der Waals surface area contributed by atoms with E-state index in [1.165, 1.54) is 6.92 Å². The van der Waals surface area contributed by atoms with Crippen LogP contribution < -0.4 is 0 Å². The van der Waals surface area contributed by atoms with E-state index < -0.39 is 17.4 Å². The van der Waals surface area contributed by atoms with Gasteiger partial charge in [0.15, 0.2) is 5.78 Å². The van der Waals surface area contributed by atoms with Crippen LogP contribution in [-0.2, 0) is 0 Å². The van der Waals surface area contributed by atoms with Crippen LogP contribution >= 0.6 is 0 Å². The molecule has 2 rings (SSSR count). The van der Waals surface area contributed by atoms with Crippen molar-refractivity contribution in [3.8, 4) is 0 Å². The van der Waals surface area contributed by atoms with Gasteiger partial charge in [0.25, 0.3) is 0 Å². The summed E-state index contributed by atoms with van der Waals surface area (Å²) in [4.78, 5) is 12.4. The van der Waals surface area contributed by atoms with Gasteiger partial charge in [-0.25, -0.2) is 8.78 Å². The number of aryl methyl sites for hydroxylation is 3. The van der Waals surface area contributed by atoms with Crippen molar-refractivity contribution < 1.29 is 13.6 Å². The van der Waals surface area contributed by atoms with E-state index in [0.717, 1.165) is 23.3 Å². The number of carbonyl (C=O) groups is 1. The second kappa shape index (κ2) is 4.92. The van der Waals surface area contributed by atoms with Gasteiger partial charge in [-0.2, -0.15) is 0 Å². The summed E-state index contributed by atoms with van der Waals surface area (Å²) >= 11 is 0. The molecule has 0 aliphatic heterocycles.